The smallest absolute Gasteiger partial charge is 0.0948 e. The molecule has 0 fully saturated rings. The SMILES string of the molecule is CCCCCn1cncc1C(N)CC(C)C. The lowest BCUT2D eigenvalue weighted by Crippen LogP contribution is -2.17. The molecule has 1 aromatic rings. The number of nitrogens with zero attached hydrogens (tertiary/aromatic N) is 2. The molecule has 16 heavy (non-hydrogen) atoms. The number of hydrogen-bond acceptors (Lipinski definition) is 2. The Balaban J connectivity index is 2.55. The van der Waals surface area contributed by atoms with E-state index in [0.29, 0.717) is 5.92 Å². The number of nitrogens with two attached hydrogens (primary N) is 1. The average molecular weight is 223 g/mol. The molecule has 0 aliphatic carbocycles. The van der Waals surface area contributed by atoms with Gasteiger partial charge in [-0.25, -0.2) is 4.98 Å². The van der Waals surface area contributed by atoms with Gasteiger partial charge in [0.05, 0.1) is 12.0 Å². The zero-order valence-electron chi connectivity index (χ0n) is 10.8. The third-order valence-electron chi connectivity index (χ3n) is 2.85. The van der Waals surface area contributed by atoms with Crippen LogP contribution < -0.4 is 5.73 Å². The van der Waals surface area contributed by atoms with Crippen LogP contribution in [0.3, 0.4) is 0 Å². The van der Waals surface area contributed by atoms with E-state index in [1.165, 1.54) is 25.0 Å². The molecule has 1 heterocycles. The van der Waals surface area contributed by atoms with Gasteiger partial charge in [-0.1, -0.05) is 33.6 Å². The van der Waals surface area contributed by atoms with Crippen LogP contribution in [0.5, 0.6) is 0 Å². The quantitative estimate of drug-likeness (QED) is 0.722. The van der Waals surface area contributed by atoms with Crippen LogP contribution in [0, 0.1) is 5.92 Å². The highest BCUT2D eigenvalue weighted by atomic mass is 15.1. The number of unbranched alkanes of at least 4 members (excludes halogenated alkanes) is 2. The van der Waals surface area contributed by atoms with Crippen LogP contribution in [-0.4, -0.2) is 9.55 Å². The van der Waals surface area contributed by atoms with Crippen LogP contribution in [0.15, 0.2) is 12.5 Å². The Labute approximate surface area is 99.1 Å². The van der Waals surface area contributed by atoms with Crippen molar-refractivity contribution in [2.45, 2.75) is 59.0 Å². The van der Waals surface area contributed by atoms with Crippen LogP contribution >= 0.6 is 0 Å². The summed E-state index contributed by atoms with van der Waals surface area (Å²) in [4.78, 5) is 4.21. The van der Waals surface area contributed by atoms with Crippen molar-refractivity contribution in [3.63, 3.8) is 0 Å². The molecule has 3 nitrogen and oxygen atoms in total. The first kappa shape index (κ1) is 13.2. The van der Waals surface area contributed by atoms with Crippen LogP contribution in [-0.2, 0) is 6.54 Å². The van der Waals surface area contributed by atoms with Crippen molar-refractivity contribution in [2.24, 2.45) is 11.7 Å². The van der Waals surface area contributed by atoms with Gasteiger partial charge in [0.15, 0.2) is 0 Å². The number of hydrogen-bond donors (Lipinski definition) is 1. The maximum Gasteiger partial charge on any atom is 0.0948 e. The third kappa shape index (κ3) is 3.97. The van der Waals surface area contributed by atoms with Gasteiger partial charge in [0.1, 0.15) is 0 Å². The second-order valence-corrected chi connectivity index (χ2v) is 4.96. The van der Waals surface area contributed by atoms with Crippen LogP contribution in [0.2, 0.25) is 0 Å². The van der Waals surface area contributed by atoms with Gasteiger partial charge in [-0.15, -0.1) is 0 Å². The van der Waals surface area contributed by atoms with Crippen LogP contribution in [0.1, 0.15) is 58.2 Å². The zero-order chi connectivity index (χ0) is 12.0. The summed E-state index contributed by atoms with van der Waals surface area (Å²) in [5.41, 5.74) is 7.37. The van der Waals surface area contributed by atoms with Gasteiger partial charge in [-0.2, -0.15) is 0 Å². The molecule has 0 aliphatic rings. The highest BCUT2D eigenvalue weighted by Gasteiger charge is 2.12. The topological polar surface area (TPSA) is 43.8 Å². The first-order valence-electron chi connectivity index (χ1n) is 6.40. The standard InChI is InChI=1S/C13H25N3/c1-4-5-6-7-16-10-15-9-13(16)12(14)8-11(2)3/h9-12H,4-8,14H2,1-3H3. The summed E-state index contributed by atoms with van der Waals surface area (Å²) in [5.74, 6) is 0.633. The van der Waals surface area contributed by atoms with E-state index >= 15 is 0 Å². The molecule has 0 amide bonds. The number of aryl methyl sites for hydroxylation is 1. The van der Waals surface area contributed by atoms with E-state index in [0.717, 1.165) is 13.0 Å². The fraction of sp³-hybridized carbons (Fsp3) is 0.769. The summed E-state index contributed by atoms with van der Waals surface area (Å²) >= 11 is 0. The van der Waals surface area contributed by atoms with Crippen molar-refractivity contribution in [3.8, 4) is 0 Å². The van der Waals surface area contributed by atoms with Gasteiger partial charge in [0.25, 0.3) is 0 Å². The first-order valence-corrected chi connectivity index (χ1v) is 6.40. The molecule has 1 aromatic heterocycles. The molecule has 1 atom stereocenters. The molecule has 0 spiro atoms. The van der Waals surface area contributed by atoms with Gasteiger partial charge in [-0.3, -0.25) is 0 Å². The average Bonchev–Trinajstić information content (AvgIpc) is 2.65. The van der Waals surface area contributed by atoms with Crippen molar-refractivity contribution < 1.29 is 0 Å². The normalized spacial score (nSPS) is 13.3. The number of rotatable bonds is 7. The van der Waals surface area contributed by atoms with E-state index in [-0.39, 0.29) is 6.04 Å². The number of imidazole rings is 1. The first-order chi connectivity index (χ1) is 7.65. The summed E-state index contributed by atoms with van der Waals surface area (Å²) in [7, 11) is 0. The summed E-state index contributed by atoms with van der Waals surface area (Å²) in [6.07, 6.45) is 8.59. The van der Waals surface area contributed by atoms with Crippen molar-refractivity contribution in [1.29, 1.82) is 0 Å². The van der Waals surface area contributed by atoms with E-state index in [9.17, 15) is 0 Å². The van der Waals surface area contributed by atoms with Gasteiger partial charge in [-0.05, 0) is 18.8 Å². The fourth-order valence-corrected chi connectivity index (χ4v) is 1.99. The van der Waals surface area contributed by atoms with Gasteiger partial charge < -0.3 is 10.3 Å². The Morgan fingerprint density at radius 2 is 2.12 bits per heavy atom. The van der Waals surface area contributed by atoms with Gasteiger partial charge >= 0.3 is 0 Å². The fourth-order valence-electron chi connectivity index (χ4n) is 1.99. The van der Waals surface area contributed by atoms with Crippen molar-refractivity contribution in [1.82, 2.24) is 9.55 Å². The maximum atomic E-state index is 6.18. The Kier molecular flexibility index (Phi) is 5.53. The molecule has 2 N–H and O–H groups in total. The molecule has 92 valence electrons. The van der Waals surface area contributed by atoms with Crippen LogP contribution in [0.4, 0.5) is 0 Å². The molecular formula is C13H25N3. The molecule has 0 bridgehead atoms. The highest BCUT2D eigenvalue weighted by molar-refractivity contribution is 5.04. The Bertz CT molecular complexity index is 291. The van der Waals surface area contributed by atoms with E-state index in [4.69, 9.17) is 5.73 Å². The summed E-state index contributed by atoms with van der Waals surface area (Å²) in [5, 5.41) is 0. The number of aromatic nitrogens is 2. The lowest BCUT2D eigenvalue weighted by molar-refractivity contribution is 0.477. The van der Waals surface area contributed by atoms with Gasteiger partial charge in [0.2, 0.25) is 0 Å². The Morgan fingerprint density at radius 3 is 2.75 bits per heavy atom. The Morgan fingerprint density at radius 1 is 1.38 bits per heavy atom. The van der Waals surface area contributed by atoms with E-state index in [2.05, 4.69) is 30.3 Å². The molecule has 1 unspecified atom stereocenters. The van der Waals surface area contributed by atoms with E-state index < -0.39 is 0 Å². The lowest BCUT2D eigenvalue weighted by atomic mass is 10.0. The van der Waals surface area contributed by atoms with Crippen molar-refractivity contribution >= 4 is 0 Å². The maximum absolute atomic E-state index is 6.18. The molecule has 0 aromatic carbocycles. The monoisotopic (exact) mass is 223 g/mol. The molecule has 0 saturated carbocycles. The third-order valence-corrected chi connectivity index (χ3v) is 2.85. The zero-order valence-corrected chi connectivity index (χ0v) is 10.8. The molecular weight excluding hydrogens is 198 g/mol. The van der Waals surface area contributed by atoms with E-state index in [1.807, 2.05) is 12.5 Å². The summed E-state index contributed by atoms with van der Waals surface area (Å²) in [6, 6.07) is 0.129. The lowest BCUT2D eigenvalue weighted by Gasteiger charge is -2.16. The summed E-state index contributed by atoms with van der Waals surface area (Å²) < 4.78 is 2.21. The molecule has 1 rings (SSSR count). The largest absolute Gasteiger partial charge is 0.333 e. The predicted octanol–water partition coefficient (Wildman–Crippen LogP) is 3.12. The molecule has 0 radical (unpaired) electrons. The second-order valence-electron chi connectivity index (χ2n) is 4.96. The molecule has 3 heteroatoms. The minimum Gasteiger partial charge on any atom is -0.333 e. The van der Waals surface area contributed by atoms with E-state index in [1.54, 1.807) is 0 Å². The second kappa shape index (κ2) is 6.69. The molecule has 0 saturated heterocycles. The minimum atomic E-state index is 0.129. The predicted molar refractivity (Wildman–Crippen MR) is 68.1 cm³/mol. The van der Waals surface area contributed by atoms with Crippen molar-refractivity contribution in [2.75, 3.05) is 0 Å². The highest BCUT2D eigenvalue weighted by Crippen LogP contribution is 2.18. The van der Waals surface area contributed by atoms with Gasteiger partial charge in [0, 0.05) is 18.8 Å². The Hall–Kier alpha value is -0.830. The van der Waals surface area contributed by atoms with Crippen molar-refractivity contribution in [3.05, 3.63) is 18.2 Å². The van der Waals surface area contributed by atoms with Crippen LogP contribution in [0.25, 0.3) is 0 Å². The minimum absolute atomic E-state index is 0.129. The molecule has 0 aliphatic heterocycles. The summed E-state index contributed by atoms with van der Waals surface area (Å²) in [6.45, 7) is 7.68.